The number of phenols is 1. The fourth-order valence-corrected chi connectivity index (χ4v) is 3.60. The van der Waals surface area contributed by atoms with E-state index in [1.165, 1.54) is 22.7 Å². The van der Waals surface area contributed by atoms with Crippen molar-refractivity contribution < 1.29 is 14.6 Å². The van der Waals surface area contributed by atoms with Crippen molar-refractivity contribution in [3.63, 3.8) is 0 Å². The molecule has 6 heteroatoms. The highest BCUT2D eigenvalue weighted by Gasteiger charge is 2.33. The molecule has 1 N–H and O–H groups in total. The van der Waals surface area contributed by atoms with Gasteiger partial charge < -0.3 is 9.84 Å². The Hall–Kier alpha value is -2.31. The minimum absolute atomic E-state index is 0.0610. The van der Waals surface area contributed by atoms with Crippen molar-refractivity contribution >= 4 is 46.0 Å². The lowest BCUT2D eigenvalue weighted by molar-refractivity contribution is -0.113. The van der Waals surface area contributed by atoms with Crippen LogP contribution in [0.3, 0.4) is 0 Å². The lowest BCUT2D eigenvalue weighted by atomic mass is 10.1. The molecular formula is C18H15NO3S2. The Morgan fingerprint density at radius 3 is 2.67 bits per heavy atom. The number of rotatable bonds is 4. The average Bonchev–Trinajstić information content (AvgIpc) is 2.85. The van der Waals surface area contributed by atoms with Gasteiger partial charge in [0.15, 0.2) is 4.32 Å². The summed E-state index contributed by atoms with van der Waals surface area (Å²) in [5.41, 5.74) is 1.28. The molecule has 3 rings (SSSR count). The van der Waals surface area contributed by atoms with Crippen LogP contribution in [0.15, 0.2) is 53.4 Å². The molecule has 0 spiro atoms. The van der Waals surface area contributed by atoms with E-state index in [-0.39, 0.29) is 11.7 Å². The van der Waals surface area contributed by atoms with Gasteiger partial charge in [-0.05, 0) is 37.3 Å². The molecule has 1 amide bonds. The summed E-state index contributed by atoms with van der Waals surface area (Å²) >= 11 is 6.55. The zero-order valence-corrected chi connectivity index (χ0v) is 14.6. The first-order valence-corrected chi connectivity index (χ1v) is 8.61. The first-order valence-electron chi connectivity index (χ1n) is 7.39. The number of thiocarbonyl (C=S) groups is 1. The topological polar surface area (TPSA) is 49.8 Å². The molecule has 2 aromatic rings. The normalized spacial score (nSPS) is 16.0. The summed E-state index contributed by atoms with van der Waals surface area (Å²) in [5, 5.41) is 10.1. The SMILES string of the molecule is CCOc1ccc(/C=C2/SC(=S)N(c3ccccc3)C2=O)c(O)c1. The Kier molecular flexibility index (Phi) is 4.87. The van der Waals surface area contributed by atoms with E-state index in [1.54, 1.807) is 18.2 Å². The van der Waals surface area contributed by atoms with Crippen LogP contribution in [0.4, 0.5) is 5.69 Å². The Balaban J connectivity index is 1.89. The van der Waals surface area contributed by atoms with E-state index in [0.29, 0.717) is 27.1 Å². The Bertz CT molecular complexity index is 818. The van der Waals surface area contributed by atoms with E-state index in [9.17, 15) is 9.90 Å². The van der Waals surface area contributed by atoms with Crippen molar-refractivity contribution in [2.24, 2.45) is 0 Å². The summed E-state index contributed by atoms with van der Waals surface area (Å²) in [7, 11) is 0. The molecule has 1 aliphatic rings. The Morgan fingerprint density at radius 1 is 1.25 bits per heavy atom. The molecule has 0 aliphatic carbocycles. The molecule has 0 atom stereocenters. The van der Waals surface area contributed by atoms with Gasteiger partial charge in [-0.3, -0.25) is 9.69 Å². The predicted molar refractivity (Wildman–Crippen MR) is 101 cm³/mol. The van der Waals surface area contributed by atoms with Crippen molar-refractivity contribution in [1.82, 2.24) is 0 Å². The molecule has 0 saturated carbocycles. The van der Waals surface area contributed by atoms with Gasteiger partial charge in [0, 0.05) is 11.6 Å². The molecule has 122 valence electrons. The van der Waals surface area contributed by atoms with Crippen LogP contribution in [0.25, 0.3) is 6.08 Å². The van der Waals surface area contributed by atoms with E-state index in [2.05, 4.69) is 0 Å². The van der Waals surface area contributed by atoms with E-state index in [4.69, 9.17) is 17.0 Å². The molecule has 4 nitrogen and oxygen atoms in total. The van der Waals surface area contributed by atoms with Crippen LogP contribution in [0.1, 0.15) is 12.5 Å². The first kappa shape index (κ1) is 16.5. The van der Waals surface area contributed by atoms with Crippen LogP contribution in [-0.2, 0) is 4.79 Å². The zero-order chi connectivity index (χ0) is 17.1. The van der Waals surface area contributed by atoms with Crippen molar-refractivity contribution in [2.75, 3.05) is 11.5 Å². The third-order valence-electron chi connectivity index (χ3n) is 3.41. The fourth-order valence-electron chi connectivity index (χ4n) is 2.31. The lowest BCUT2D eigenvalue weighted by Crippen LogP contribution is -2.27. The van der Waals surface area contributed by atoms with Gasteiger partial charge in [0.25, 0.3) is 5.91 Å². The molecule has 0 radical (unpaired) electrons. The highest BCUT2D eigenvalue weighted by molar-refractivity contribution is 8.27. The standard InChI is InChI=1S/C18H15NO3S2/c1-2-22-14-9-8-12(15(20)11-14)10-16-17(21)19(18(23)24-16)13-6-4-3-5-7-13/h3-11,20H,2H2,1H3/b16-10+. The summed E-state index contributed by atoms with van der Waals surface area (Å²) in [6, 6.07) is 14.3. The minimum atomic E-state index is -0.190. The summed E-state index contributed by atoms with van der Waals surface area (Å²) in [6.45, 7) is 2.40. The van der Waals surface area contributed by atoms with Crippen molar-refractivity contribution in [3.05, 3.63) is 59.0 Å². The van der Waals surface area contributed by atoms with Crippen LogP contribution < -0.4 is 9.64 Å². The Labute approximate surface area is 149 Å². The van der Waals surface area contributed by atoms with E-state index in [0.717, 1.165) is 5.69 Å². The van der Waals surface area contributed by atoms with Crippen LogP contribution >= 0.6 is 24.0 Å². The molecule has 24 heavy (non-hydrogen) atoms. The van der Waals surface area contributed by atoms with Crippen LogP contribution in [0.5, 0.6) is 11.5 Å². The first-order chi connectivity index (χ1) is 11.6. The third kappa shape index (κ3) is 3.29. The van der Waals surface area contributed by atoms with Gasteiger partial charge in [-0.2, -0.15) is 0 Å². The predicted octanol–water partition coefficient (Wildman–Crippen LogP) is 4.20. The molecule has 0 bridgehead atoms. The number of carbonyl (C=O) groups excluding carboxylic acids is 1. The van der Waals surface area contributed by atoms with E-state index < -0.39 is 0 Å². The van der Waals surface area contributed by atoms with Gasteiger partial charge in [0.2, 0.25) is 0 Å². The number of aromatic hydroxyl groups is 1. The maximum atomic E-state index is 12.6. The van der Waals surface area contributed by atoms with Crippen LogP contribution in [-0.4, -0.2) is 21.9 Å². The summed E-state index contributed by atoms with van der Waals surface area (Å²) < 4.78 is 5.82. The molecule has 2 aromatic carbocycles. The second kappa shape index (κ2) is 7.07. The monoisotopic (exact) mass is 357 g/mol. The number of ether oxygens (including phenoxy) is 1. The summed E-state index contributed by atoms with van der Waals surface area (Å²) in [4.78, 5) is 14.6. The van der Waals surface area contributed by atoms with Crippen molar-refractivity contribution in [2.45, 2.75) is 6.92 Å². The summed E-state index contributed by atoms with van der Waals surface area (Å²) in [5.74, 6) is 0.458. The molecule has 1 aliphatic heterocycles. The highest BCUT2D eigenvalue weighted by Crippen LogP contribution is 2.37. The number of nitrogens with zero attached hydrogens (tertiary/aromatic N) is 1. The van der Waals surface area contributed by atoms with Gasteiger partial charge in [-0.15, -0.1) is 0 Å². The number of anilines is 1. The number of carbonyl (C=O) groups is 1. The van der Waals surface area contributed by atoms with Crippen molar-refractivity contribution in [3.8, 4) is 11.5 Å². The van der Waals surface area contributed by atoms with Crippen LogP contribution in [0, 0.1) is 0 Å². The highest BCUT2D eigenvalue weighted by atomic mass is 32.2. The third-order valence-corrected chi connectivity index (χ3v) is 4.71. The van der Waals surface area contributed by atoms with E-state index >= 15 is 0 Å². The molecule has 1 heterocycles. The van der Waals surface area contributed by atoms with Crippen molar-refractivity contribution in [1.29, 1.82) is 0 Å². The Morgan fingerprint density at radius 2 is 2.00 bits per heavy atom. The van der Waals surface area contributed by atoms with Gasteiger partial charge in [0.05, 0.1) is 17.2 Å². The number of benzene rings is 2. The lowest BCUT2D eigenvalue weighted by Gasteiger charge is -2.13. The smallest absolute Gasteiger partial charge is 0.270 e. The number of amides is 1. The second-order valence-electron chi connectivity index (χ2n) is 5.01. The largest absolute Gasteiger partial charge is 0.507 e. The van der Waals surface area contributed by atoms with Gasteiger partial charge in [-0.25, -0.2) is 0 Å². The van der Waals surface area contributed by atoms with Gasteiger partial charge in [0.1, 0.15) is 11.5 Å². The molecule has 0 unspecified atom stereocenters. The quantitative estimate of drug-likeness (QED) is 0.657. The molecular weight excluding hydrogens is 342 g/mol. The van der Waals surface area contributed by atoms with Gasteiger partial charge in [-0.1, -0.05) is 42.2 Å². The molecule has 1 fully saturated rings. The second-order valence-corrected chi connectivity index (χ2v) is 6.68. The minimum Gasteiger partial charge on any atom is -0.507 e. The number of hydrogen-bond donors (Lipinski definition) is 1. The van der Waals surface area contributed by atoms with E-state index in [1.807, 2.05) is 37.3 Å². The van der Waals surface area contributed by atoms with Gasteiger partial charge >= 0.3 is 0 Å². The maximum Gasteiger partial charge on any atom is 0.270 e. The molecule has 0 aromatic heterocycles. The summed E-state index contributed by atoms with van der Waals surface area (Å²) in [6.07, 6.45) is 1.65. The number of para-hydroxylation sites is 1. The number of hydrogen-bond acceptors (Lipinski definition) is 5. The maximum absolute atomic E-state index is 12.6. The number of thioether (sulfide) groups is 1. The fraction of sp³-hybridized carbons (Fsp3) is 0.111. The average molecular weight is 357 g/mol. The number of phenolic OH excluding ortho intramolecular Hbond substituents is 1. The van der Waals surface area contributed by atoms with Crippen LogP contribution in [0.2, 0.25) is 0 Å². The zero-order valence-electron chi connectivity index (χ0n) is 12.9. The molecule has 1 saturated heterocycles.